The maximum absolute atomic E-state index is 13.8. The van der Waals surface area contributed by atoms with Crippen LogP contribution in [0.5, 0.6) is 0 Å². The number of benzene rings is 1. The zero-order chi connectivity index (χ0) is 13.3. The van der Waals surface area contributed by atoms with E-state index >= 15 is 0 Å². The lowest BCUT2D eigenvalue weighted by Gasteiger charge is -2.30. The van der Waals surface area contributed by atoms with Gasteiger partial charge in [-0.25, -0.2) is 4.39 Å². The van der Waals surface area contributed by atoms with Crippen molar-refractivity contribution in [3.63, 3.8) is 0 Å². The Morgan fingerprint density at radius 1 is 1.44 bits per heavy atom. The van der Waals surface area contributed by atoms with Gasteiger partial charge in [-0.3, -0.25) is 4.79 Å². The summed E-state index contributed by atoms with van der Waals surface area (Å²) in [6, 6.07) is 2.63. The summed E-state index contributed by atoms with van der Waals surface area (Å²) in [5.74, 6) is -0.181. The van der Waals surface area contributed by atoms with Gasteiger partial charge in [0.1, 0.15) is 5.82 Å². The van der Waals surface area contributed by atoms with Gasteiger partial charge in [-0.15, -0.1) is 0 Å². The molecule has 0 aromatic heterocycles. The number of amides is 1. The lowest BCUT2D eigenvalue weighted by atomic mass is 9.98. The monoisotopic (exact) mass is 333 g/mol. The number of halogens is 3. The van der Waals surface area contributed by atoms with Gasteiger partial charge >= 0.3 is 0 Å². The molecule has 1 aliphatic rings. The standard InChI is InChI=1S/C13H14BrClFNO/c1-8-2-4-17(5-3-8)13(18)9-6-10(14)11(15)7-12(9)16/h6-8H,2-5H2,1H3. The maximum atomic E-state index is 13.8. The molecule has 98 valence electrons. The normalized spacial score (nSPS) is 17.0. The quantitative estimate of drug-likeness (QED) is 0.708. The Morgan fingerprint density at radius 2 is 2.06 bits per heavy atom. The van der Waals surface area contributed by atoms with Crippen molar-refractivity contribution in [3.8, 4) is 0 Å². The third-order valence-electron chi connectivity index (χ3n) is 3.31. The molecule has 0 atom stereocenters. The summed E-state index contributed by atoms with van der Waals surface area (Å²) in [5.41, 5.74) is 0.0841. The van der Waals surface area contributed by atoms with Crippen LogP contribution in [-0.2, 0) is 0 Å². The molecule has 0 radical (unpaired) electrons. The molecule has 1 aliphatic heterocycles. The topological polar surface area (TPSA) is 20.3 Å². The van der Waals surface area contributed by atoms with Gasteiger partial charge in [-0.1, -0.05) is 18.5 Å². The van der Waals surface area contributed by atoms with Gasteiger partial charge < -0.3 is 4.90 Å². The molecule has 1 fully saturated rings. The Kier molecular flexibility index (Phi) is 4.28. The minimum atomic E-state index is -0.563. The second-order valence-electron chi connectivity index (χ2n) is 4.72. The first-order valence-corrected chi connectivity index (χ1v) is 7.10. The molecule has 18 heavy (non-hydrogen) atoms. The summed E-state index contributed by atoms with van der Waals surface area (Å²) in [6.07, 6.45) is 1.95. The minimum Gasteiger partial charge on any atom is -0.339 e. The Balaban J connectivity index is 2.21. The molecule has 0 spiro atoms. The van der Waals surface area contributed by atoms with Crippen LogP contribution in [0.2, 0.25) is 5.02 Å². The third-order valence-corrected chi connectivity index (χ3v) is 4.51. The predicted octanol–water partition coefficient (Wildman–Crippen LogP) is 4.11. The Bertz CT molecular complexity index is 472. The van der Waals surface area contributed by atoms with Crippen LogP contribution in [0.25, 0.3) is 0 Å². The molecule has 1 aromatic rings. The first kappa shape index (κ1) is 13.8. The predicted molar refractivity (Wildman–Crippen MR) is 73.4 cm³/mol. The van der Waals surface area contributed by atoms with Crippen molar-refractivity contribution in [2.75, 3.05) is 13.1 Å². The van der Waals surface area contributed by atoms with E-state index in [9.17, 15) is 9.18 Å². The number of rotatable bonds is 1. The van der Waals surface area contributed by atoms with Crippen LogP contribution in [0.3, 0.4) is 0 Å². The largest absolute Gasteiger partial charge is 0.339 e. The number of nitrogens with zero attached hydrogens (tertiary/aromatic N) is 1. The Hall–Kier alpha value is -0.610. The molecule has 0 aliphatic carbocycles. The number of carbonyl (C=O) groups excluding carboxylic acids is 1. The van der Waals surface area contributed by atoms with Gasteiger partial charge in [0.05, 0.1) is 10.6 Å². The van der Waals surface area contributed by atoms with Crippen LogP contribution in [0.4, 0.5) is 4.39 Å². The smallest absolute Gasteiger partial charge is 0.256 e. The molecule has 0 saturated carbocycles. The summed E-state index contributed by atoms with van der Waals surface area (Å²) in [6.45, 7) is 3.56. The molecule has 5 heteroatoms. The highest BCUT2D eigenvalue weighted by molar-refractivity contribution is 9.10. The van der Waals surface area contributed by atoms with Crippen LogP contribution < -0.4 is 0 Å². The average Bonchev–Trinajstić information content (AvgIpc) is 2.34. The van der Waals surface area contributed by atoms with E-state index in [-0.39, 0.29) is 16.5 Å². The summed E-state index contributed by atoms with van der Waals surface area (Å²) in [4.78, 5) is 13.9. The van der Waals surface area contributed by atoms with Gasteiger partial charge in [0.25, 0.3) is 5.91 Å². The number of piperidine rings is 1. The Labute approximate surface area is 119 Å². The molecule has 1 saturated heterocycles. The van der Waals surface area contributed by atoms with Crippen molar-refractivity contribution < 1.29 is 9.18 Å². The van der Waals surface area contributed by atoms with Gasteiger partial charge in [0, 0.05) is 17.6 Å². The van der Waals surface area contributed by atoms with E-state index in [4.69, 9.17) is 11.6 Å². The molecule has 1 amide bonds. The fourth-order valence-electron chi connectivity index (χ4n) is 2.07. The maximum Gasteiger partial charge on any atom is 0.256 e. The SMILES string of the molecule is CC1CCN(C(=O)c2cc(Br)c(Cl)cc2F)CC1. The van der Waals surface area contributed by atoms with E-state index in [0.717, 1.165) is 12.8 Å². The van der Waals surface area contributed by atoms with E-state index in [1.165, 1.54) is 12.1 Å². The zero-order valence-electron chi connectivity index (χ0n) is 10.0. The van der Waals surface area contributed by atoms with E-state index in [2.05, 4.69) is 22.9 Å². The number of carbonyl (C=O) groups is 1. The van der Waals surface area contributed by atoms with Crippen LogP contribution >= 0.6 is 27.5 Å². The van der Waals surface area contributed by atoms with E-state index in [1.807, 2.05) is 0 Å². The highest BCUT2D eigenvalue weighted by Crippen LogP contribution is 2.27. The summed E-state index contributed by atoms with van der Waals surface area (Å²) >= 11 is 9.00. The highest BCUT2D eigenvalue weighted by Gasteiger charge is 2.24. The highest BCUT2D eigenvalue weighted by atomic mass is 79.9. The average molecular weight is 335 g/mol. The minimum absolute atomic E-state index is 0.0841. The van der Waals surface area contributed by atoms with Gasteiger partial charge in [0.2, 0.25) is 0 Å². The van der Waals surface area contributed by atoms with Crippen LogP contribution in [0, 0.1) is 11.7 Å². The van der Waals surface area contributed by atoms with Gasteiger partial charge in [-0.05, 0) is 46.8 Å². The summed E-state index contributed by atoms with van der Waals surface area (Å²) in [7, 11) is 0. The molecule has 0 N–H and O–H groups in total. The van der Waals surface area contributed by atoms with Crippen LogP contribution in [-0.4, -0.2) is 23.9 Å². The molecule has 2 rings (SSSR count). The first-order valence-electron chi connectivity index (χ1n) is 5.93. The molecule has 1 heterocycles. The molecule has 0 unspecified atom stereocenters. The van der Waals surface area contributed by atoms with Gasteiger partial charge in [0.15, 0.2) is 0 Å². The summed E-state index contributed by atoms with van der Waals surface area (Å²) in [5, 5.41) is 0.274. The van der Waals surface area contributed by atoms with E-state index in [1.54, 1.807) is 4.90 Å². The molecule has 2 nitrogen and oxygen atoms in total. The van der Waals surface area contributed by atoms with Crippen molar-refractivity contribution >= 4 is 33.4 Å². The zero-order valence-corrected chi connectivity index (χ0v) is 12.4. The molecular formula is C13H14BrClFNO. The van der Waals surface area contributed by atoms with Gasteiger partial charge in [-0.2, -0.15) is 0 Å². The first-order chi connectivity index (χ1) is 8.49. The van der Waals surface area contributed by atoms with Crippen LogP contribution in [0.15, 0.2) is 16.6 Å². The number of hydrogen-bond acceptors (Lipinski definition) is 1. The van der Waals surface area contributed by atoms with Crippen LogP contribution in [0.1, 0.15) is 30.1 Å². The Morgan fingerprint density at radius 3 is 2.67 bits per heavy atom. The number of likely N-dealkylation sites (tertiary alicyclic amines) is 1. The fourth-order valence-corrected chi connectivity index (χ4v) is 2.56. The molecule has 0 bridgehead atoms. The van der Waals surface area contributed by atoms with Crippen molar-refractivity contribution in [1.29, 1.82) is 0 Å². The van der Waals surface area contributed by atoms with Crippen molar-refractivity contribution in [3.05, 3.63) is 33.0 Å². The lowest BCUT2D eigenvalue weighted by Crippen LogP contribution is -2.38. The van der Waals surface area contributed by atoms with Crippen molar-refractivity contribution in [2.45, 2.75) is 19.8 Å². The fraction of sp³-hybridized carbons (Fsp3) is 0.462. The second kappa shape index (κ2) is 5.57. The lowest BCUT2D eigenvalue weighted by molar-refractivity contribution is 0.0692. The van der Waals surface area contributed by atoms with Crippen molar-refractivity contribution in [1.82, 2.24) is 4.90 Å². The number of hydrogen-bond donors (Lipinski definition) is 0. The molecule has 1 aromatic carbocycles. The second-order valence-corrected chi connectivity index (χ2v) is 5.98. The third kappa shape index (κ3) is 2.86. The van der Waals surface area contributed by atoms with E-state index < -0.39 is 5.82 Å². The summed E-state index contributed by atoms with van der Waals surface area (Å²) < 4.78 is 14.3. The molecular weight excluding hydrogens is 321 g/mol. The van der Waals surface area contributed by atoms with Crippen molar-refractivity contribution in [2.24, 2.45) is 5.92 Å². The van der Waals surface area contributed by atoms with E-state index in [0.29, 0.717) is 23.5 Å².